The Morgan fingerprint density at radius 1 is 1.38 bits per heavy atom. The Hall–Kier alpha value is -0.960. The van der Waals surface area contributed by atoms with Crippen LogP contribution in [-0.2, 0) is 5.54 Å². The Balaban J connectivity index is 2.26. The third-order valence-electron chi connectivity index (χ3n) is 2.57. The van der Waals surface area contributed by atoms with Crippen LogP contribution in [0, 0.1) is 5.82 Å². The van der Waals surface area contributed by atoms with Gasteiger partial charge in [-0.15, -0.1) is 0 Å². The Bertz CT molecular complexity index is 318. The highest BCUT2D eigenvalue weighted by Gasteiger charge is 2.42. The first kappa shape index (κ1) is 8.63. The van der Waals surface area contributed by atoms with Gasteiger partial charge in [-0.2, -0.15) is 0 Å². The molecular formula is C10H11F2N. The molecule has 0 amide bonds. The quantitative estimate of drug-likeness (QED) is 0.709. The van der Waals surface area contributed by atoms with Crippen molar-refractivity contribution in [1.82, 2.24) is 0 Å². The number of rotatable bonds is 1. The highest BCUT2D eigenvalue weighted by atomic mass is 19.1. The second-order valence-electron chi connectivity index (χ2n) is 3.67. The molecule has 13 heavy (non-hydrogen) atoms. The molecule has 0 aliphatic heterocycles. The monoisotopic (exact) mass is 183 g/mol. The number of alkyl halides is 1. The van der Waals surface area contributed by atoms with Gasteiger partial charge in [-0.3, -0.25) is 0 Å². The Morgan fingerprint density at radius 3 is 2.62 bits per heavy atom. The topological polar surface area (TPSA) is 26.0 Å². The minimum absolute atomic E-state index is 0.302. The average Bonchev–Trinajstić information content (AvgIpc) is 2.02. The summed E-state index contributed by atoms with van der Waals surface area (Å²) in [5.41, 5.74) is 5.94. The van der Waals surface area contributed by atoms with Gasteiger partial charge < -0.3 is 5.73 Å². The summed E-state index contributed by atoms with van der Waals surface area (Å²) in [6, 6.07) is 6.09. The van der Waals surface area contributed by atoms with E-state index in [1.54, 1.807) is 12.1 Å². The molecule has 0 saturated heterocycles. The zero-order valence-electron chi connectivity index (χ0n) is 7.13. The lowest BCUT2D eigenvalue weighted by molar-refractivity contribution is 0.0983. The summed E-state index contributed by atoms with van der Waals surface area (Å²) in [6.07, 6.45) is -0.222. The van der Waals surface area contributed by atoms with E-state index in [0.29, 0.717) is 18.4 Å². The van der Waals surface area contributed by atoms with Gasteiger partial charge in [0.1, 0.15) is 12.0 Å². The number of hydrogen-bond donors (Lipinski definition) is 1. The van der Waals surface area contributed by atoms with E-state index < -0.39 is 11.7 Å². The lowest BCUT2D eigenvalue weighted by atomic mass is 9.71. The van der Waals surface area contributed by atoms with Crippen LogP contribution in [0.1, 0.15) is 18.4 Å². The molecule has 1 aliphatic rings. The molecule has 1 aromatic rings. The predicted octanol–water partition coefficient (Wildman–Crippen LogP) is 2.11. The normalized spacial score (nSPS) is 32.7. The first-order valence-electron chi connectivity index (χ1n) is 4.29. The summed E-state index contributed by atoms with van der Waals surface area (Å²) in [4.78, 5) is 0. The van der Waals surface area contributed by atoms with E-state index in [0.717, 1.165) is 0 Å². The van der Waals surface area contributed by atoms with E-state index in [1.165, 1.54) is 12.1 Å². The predicted molar refractivity (Wildman–Crippen MR) is 46.4 cm³/mol. The van der Waals surface area contributed by atoms with Crippen molar-refractivity contribution in [3.05, 3.63) is 35.6 Å². The first-order chi connectivity index (χ1) is 6.10. The number of nitrogens with two attached hydrogens (primary N) is 1. The van der Waals surface area contributed by atoms with Crippen LogP contribution in [0.2, 0.25) is 0 Å². The molecule has 0 aromatic heterocycles. The van der Waals surface area contributed by atoms with Crippen LogP contribution in [0.4, 0.5) is 8.78 Å². The van der Waals surface area contributed by atoms with Gasteiger partial charge in [0, 0.05) is 18.4 Å². The maximum absolute atomic E-state index is 12.8. The molecule has 70 valence electrons. The van der Waals surface area contributed by atoms with Gasteiger partial charge in [0.05, 0.1) is 0 Å². The van der Waals surface area contributed by atoms with Crippen LogP contribution in [0.5, 0.6) is 0 Å². The fraction of sp³-hybridized carbons (Fsp3) is 0.400. The first-order valence-corrected chi connectivity index (χ1v) is 4.29. The smallest absolute Gasteiger partial charge is 0.123 e. The second kappa shape index (κ2) is 2.77. The van der Waals surface area contributed by atoms with Gasteiger partial charge in [-0.25, -0.2) is 8.78 Å². The fourth-order valence-corrected chi connectivity index (χ4v) is 1.76. The number of hydrogen-bond acceptors (Lipinski definition) is 1. The molecule has 1 aliphatic carbocycles. The summed E-state index contributed by atoms with van der Waals surface area (Å²) in [5.74, 6) is -0.315. The molecule has 0 heterocycles. The van der Waals surface area contributed by atoms with Gasteiger partial charge in [-0.05, 0) is 17.7 Å². The van der Waals surface area contributed by atoms with Gasteiger partial charge in [0.25, 0.3) is 0 Å². The zero-order chi connectivity index (χ0) is 9.47. The van der Waals surface area contributed by atoms with Crippen molar-refractivity contribution in [2.24, 2.45) is 5.73 Å². The second-order valence-corrected chi connectivity index (χ2v) is 3.67. The average molecular weight is 183 g/mol. The van der Waals surface area contributed by atoms with Gasteiger partial charge in [-0.1, -0.05) is 12.1 Å². The van der Waals surface area contributed by atoms with Crippen LogP contribution in [0.25, 0.3) is 0 Å². The SMILES string of the molecule is NC1(c2cccc(F)c2)CC(F)C1. The van der Waals surface area contributed by atoms with Gasteiger partial charge in [0.2, 0.25) is 0 Å². The van der Waals surface area contributed by atoms with E-state index in [1.807, 2.05) is 0 Å². The third kappa shape index (κ3) is 1.44. The molecule has 2 N–H and O–H groups in total. The van der Waals surface area contributed by atoms with Crippen molar-refractivity contribution in [3.63, 3.8) is 0 Å². The Morgan fingerprint density at radius 2 is 2.08 bits per heavy atom. The Labute approximate surface area is 75.6 Å². The Kier molecular flexibility index (Phi) is 1.84. The molecule has 0 unspecified atom stereocenters. The minimum Gasteiger partial charge on any atom is -0.321 e. The molecule has 1 aromatic carbocycles. The molecule has 0 spiro atoms. The van der Waals surface area contributed by atoms with Crippen LogP contribution in [-0.4, -0.2) is 6.17 Å². The van der Waals surface area contributed by atoms with Crippen LogP contribution >= 0.6 is 0 Å². The zero-order valence-corrected chi connectivity index (χ0v) is 7.13. The van der Waals surface area contributed by atoms with Crippen LogP contribution in [0.3, 0.4) is 0 Å². The van der Waals surface area contributed by atoms with E-state index in [-0.39, 0.29) is 5.82 Å². The van der Waals surface area contributed by atoms with Crippen molar-refractivity contribution in [3.8, 4) is 0 Å². The highest BCUT2D eigenvalue weighted by Crippen LogP contribution is 2.40. The molecule has 3 heteroatoms. The maximum Gasteiger partial charge on any atom is 0.123 e. The lowest BCUT2D eigenvalue weighted by Crippen LogP contribution is -2.50. The third-order valence-corrected chi connectivity index (χ3v) is 2.57. The maximum atomic E-state index is 12.8. The molecule has 0 bridgehead atoms. The molecular weight excluding hydrogens is 172 g/mol. The van der Waals surface area contributed by atoms with Crippen molar-refractivity contribution in [2.45, 2.75) is 24.6 Å². The molecule has 1 saturated carbocycles. The molecule has 0 atom stereocenters. The van der Waals surface area contributed by atoms with E-state index in [2.05, 4.69) is 0 Å². The van der Waals surface area contributed by atoms with Gasteiger partial charge in [0.15, 0.2) is 0 Å². The summed E-state index contributed by atoms with van der Waals surface area (Å²) < 4.78 is 25.4. The lowest BCUT2D eigenvalue weighted by Gasteiger charge is -2.41. The fourth-order valence-electron chi connectivity index (χ4n) is 1.76. The van der Waals surface area contributed by atoms with Gasteiger partial charge >= 0.3 is 0 Å². The van der Waals surface area contributed by atoms with E-state index in [4.69, 9.17) is 5.73 Å². The summed E-state index contributed by atoms with van der Waals surface area (Å²) in [7, 11) is 0. The van der Waals surface area contributed by atoms with Crippen molar-refractivity contribution < 1.29 is 8.78 Å². The molecule has 0 radical (unpaired) electrons. The van der Waals surface area contributed by atoms with Crippen molar-refractivity contribution in [1.29, 1.82) is 0 Å². The number of benzene rings is 1. The van der Waals surface area contributed by atoms with Crippen molar-refractivity contribution >= 4 is 0 Å². The van der Waals surface area contributed by atoms with Crippen LogP contribution in [0.15, 0.2) is 24.3 Å². The molecule has 1 fully saturated rings. The standard InChI is InChI=1S/C10H11F2N/c11-8-3-1-2-7(4-8)10(13)5-9(12)6-10/h1-4,9H,5-6,13H2. The molecule has 1 nitrogen and oxygen atoms in total. The molecule has 2 rings (SSSR count). The van der Waals surface area contributed by atoms with E-state index in [9.17, 15) is 8.78 Å². The largest absolute Gasteiger partial charge is 0.321 e. The highest BCUT2D eigenvalue weighted by molar-refractivity contribution is 5.28. The minimum atomic E-state index is -0.826. The van der Waals surface area contributed by atoms with E-state index >= 15 is 0 Å². The summed E-state index contributed by atoms with van der Waals surface area (Å²) in [5, 5.41) is 0. The van der Waals surface area contributed by atoms with Crippen LogP contribution < -0.4 is 5.73 Å². The number of halogens is 2. The summed E-state index contributed by atoms with van der Waals surface area (Å²) >= 11 is 0. The van der Waals surface area contributed by atoms with Crippen molar-refractivity contribution in [2.75, 3.05) is 0 Å². The summed E-state index contributed by atoms with van der Waals surface area (Å²) in [6.45, 7) is 0.